The van der Waals surface area contributed by atoms with Crippen LogP contribution in [0.1, 0.15) is 13.3 Å². The van der Waals surface area contributed by atoms with Gasteiger partial charge in [-0.05, 0) is 23.4 Å². The molecule has 0 aliphatic rings. The molecule has 0 aromatic carbocycles. The van der Waals surface area contributed by atoms with Crippen LogP contribution in [0.5, 0.6) is 5.88 Å². The Bertz CT molecular complexity index is 442. The van der Waals surface area contributed by atoms with E-state index in [2.05, 4.69) is 32.7 Å². The second kappa shape index (κ2) is 5.36. The molecule has 0 bridgehead atoms. The van der Waals surface area contributed by atoms with E-state index >= 15 is 0 Å². The van der Waals surface area contributed by atoms with Gasteiger partial charge in [0.15, 0.2) is 0 Å². The summed E-state index contributed by atoms with van der Waals surface area (Å²) < 4.78 is 7.04. The maximum absolute atomic E-state index is 5.52. The third-order valence-electron chi connectivity index (χ3n) is 2.03. The van der Waals surface area contributed by atoms with Crippen molar-refractivity contribution in [1.82, 2.24) is 30.3 Å². The molecule has 0 saturated carbocycles. The topological polar surface area (TPSA) is 77.2 Å². The Balaban J connectivity index is 1.91. The second-order valence-corrected chi connectivity index (χ2v) is 3.29. The lowest BCUT2D eigenvalue weighted by Gasteiger charge is -2.06. The molecule has 0 fully saturated rings. The third kappa shape index (κ3) is 2.43. The average Bonchev–Trinajstić information content (AvgIpc) is 2.77. The maximum Gasteiger partial charge on any atom is 0.237 e. The third-order valence-corrected chi connectivity index (χ3v) is 2.03. The molecular formula is C9H14N6O. The molecule has 1 N–H and O–H groups in total. The summed E-state index contributed by atoms with van der Waals surface area (Å²) in [4.78, 5) is 3.99. The van der Waals surface area contributed by atoms with E-state index in [1.165, 1.54) is 4.52 Å². The molecule has 2 aromatic heterocycles. The molecule has 0 spiro atoms. The standard InChI is InChI=1S/C9H14N6O/c1-2-3-10-4-5-16-9-7-11-6-8-12-13-14-15(8)9/h6-7,10H,2-5H2,1H3. The van der Waals surface area contributed by atoms with E-state index in [4.69, 9.17) is 4.74 Å². The van der Waals surface area contributed by atoms with Gasteiger partial charge in [-0.2, -0.15) is 4.52 Å². The summed E-state index contributed by atoms with van der Waals surface area (Å²) in [5.74, 6) is 0.556. The minimum atomic E-state index is 0.556. The molecule has 0 aliphatic carbocycles. The predicted molar refractivity (Wildman–Crippen MR) is 57.2 cm³/mol. The van der Waals surface area contributed by atoms with Gasteiger partial charge in [-0.25, -0.2) is 0 Å². The molecule has 0 aliphatic heterocycles. The predicted octanol–water partition coefficient (Wildman–Crippen LogP) is -0.102. The van der Waals surface area contributed by atoms with Crippen molar-refractivity contribution in [1.29, 1.82) is 0 Å². The van der Waals surface area contributed by atoms with Gasteiger partial charge >= 0.3 is 0 Å². The van der Waals surface area contributed by atoms with Gasteiger partial charge in [0, 0.05) is 6.54 Å². The van der Waals surface area contributed by atoms with E-state index in [0.717, 1.165) is 19.5 Å². The van der Waals surface area contributed by atoms with Crippen LogP contribution >= 0.6 is 0 Å². The summed E-state index contributed by atoms with van der Waals surface area (Å²) in [6.07, 6.45) is 4.30. The van der Waals surface area contributed by atoms with Crippen LogP contribution in [0, 0.1) is 0 Å². The number of fused-ring (bicyclic) bond motifs is 1. The van der Waals surface area contributed by atoms with Crippen LogP contribution in [-0.4, -0.2) is 44.7 Å². The monoisotopic (exact) mass is 222 g/mol. The SMILES string of the molecule is CCCNCCOc1cncc2nnnn12. The fourth-order valence-electron chi connectivity index (χ4n) is 1.28. The van der Waals surface area contributed by atoms with Gasteiger partial charge < -0.3 is 10.1 Å². The number of hydrogen-bond acceptors (Lipinski definition) is 6. The summed E-state index contributed by atoms with van der Waals surface area (Å²) in [6.45, 7) is 4.49. The number of nitrogens with one attached hydrogen (secondary N) is 1. The highest BCUT2D eigenvalue weighted by molar-refractivity contribution is 5.33. The highest BCUT2D eigenvalue weighted by atomic mass is 16.5. The molecule has 86 valence electrons. The minimum Gasteiger partial charge on any atom is -0.475 e. The number of nitrogens with zero attached hydrogens (tertiary/aromatic N) is 5. The average molecular weight is 222 g/mol. The Labute approximate surface area is 92.8 Å². The van der Waals surface area contributed by atoms with Crippen LogP contribution in [0.4, 0.5) is 0 Å². The van der Waals surface area contributed by atoms with Crippen LogP contribution < -0.4 is 10.1 Å². The molecule has 2 rings (SSSR count). The van der Waals surface area contributed by atoms with Crippen LogP contribution in [0.15, 0.2) is 12.4 Å². The van der Waals surface area contributed by atoms with E-state index in [1.807, 2.05) is 0 Å². The number of hydrogen-bond donors (Lipinski definition) is 1. The van der Waals surface area contributed by atoms with Gasteiger partial charge in [-0.1, -0.05) is 6.92 Å². The zero-order valence-electron chi connectivity index (χ0n) is 9.13. The first-order chi connectivity index (χ1) is 7.92. The quantitative estimate of drug-likeness (QED) is 0.688. The van der Waals surface area contributed by atoms with Crippen molar-refractivity contribution in [2.75, 3.05) is 19.7 Å². The zero-order chi connectivity index (χ0) is 11.2. The fraction of sp³-hybridized carbons (Fsp3) is 0.556. The number of tetrazole rings is 1. The van der Waals surface area contributed by atoms with Crippen molar-refractivity contribution in [3.05, 3.63) is 12.4 Å². The smallest absolute Gasteiger partial charge is 0.237 e. The Morgan fingerprint density at radius 3 is 3.19 bits per heavy atom. The Morgan fingerprint density at radius 2 is 2.31 bits per heavy atom. The fourth-order valence-corrected chi connectivity index (χ4v) is 1.28. The van der Waals surface area contributed by atoms with Crippen LogP contribution in [0.25, 0.3) is 5.65 Å². The van der Waals surface area contributed by atoms with Gasteiger partial charge in [-0.3, -0.25) is 4.98 Å². The highest BCUT2D eigenvalue weighted by Crippen LogP contribution is 2.07. The molecule has 0 amide bonds. The summed E-state index contributed by atoms with van der Waals surface area (Å²) >= 11 is 0. The molecule has 0 atom stereocenters. The summed E-state index contributed by atoms with van der Waals surface area (Å²) in [5.41, 5.74) is 0.582. The molecule has 16 heavy (non-hydrogen) atoms. The van der Waals surface area contributed by atoms with E-state index in [0.29, 0.717) is 18.1 Å². The van der Waals surface area contributed by atoms with Gasteiger partial charge in [0.1, 0.15) is 6.61 Å². The van der Waals surface area contributed by atoms with Crippen LogP contribution in [0.3, 0.4) is 0 Å². The molecule has 0 saturated heterocycles. The molecule has 2 aromatic rings. The summed E-state index contributed by atoms with van der Waals surface area (Å²) in [7, 11) is 0. The molecule has 0 radical (unpaired) electrons. The van der Waals surface area contributed by atoms with Gasteiger partial charge in [-0.15, -0.1) is 5.10 Å². The minimum absolute atomic E-state index is 0.556. The largest absolute Gasteiger partial charge is 0.475 e. The lowest BCUT2D eigenvalue weighted by molar-refractivity contribution is 0.293. The lowest BCUT2D eigenvalue weighted by atomic mass is 10.5. The van der Waals surface area contributed by atoms with Crippen LogP contribution in [0.2, 0.25) is 0 Å². The summed E-state index contributed by atoms with van der Waals surface area (Å²) in [6, 6.07) is 0. The maximum atomic E-state index is 5.52. The van der Waals surface area contributed by atoms with Gasteiger partial charge in [0.25, 0.3) is 0 Å². The van der Waals surface area contributed by atoms with Crippen LogP contribution in [-0.2, 0) is 0 Å². The number of rotatable bonds is 6. The first-order valence-electron chi connectivity index (χ1n) is 5.27. The summed E-state index contributed by atoms with van der Waals surface area (Å²) in [5, 5.41) is 14.4. The molecule has 7 nitrogen and oxygen atoms in total. The van der Waals surface area contributed by atoms with E-state index in [1.54, 1.807) is 12.4 Å². The zero-order valence-corrected chi connectivity index (χ0v) is 9.13. The highest BCUT2D eigenvalue weighted by Gasteiger charge is 2.03. The normalized spacial score (nSPS) is 10.8. The van der Waals surface area contributed by atoms with Crippen molar-refractivity contribution >= 4 is 5.65 Å². The van der Waals surface area contributed by atoms with Gasteiger partial charge in [0.05, 0.1) is 12.4 Å². The first kappa shape index (κ1) is 10.7. The Kier molecular flexibility index (Phi) is 3.60. The Hall–Kier alpha value is -1.76. The molecular weight excluding hydrogens is 208 g/mol. The van der Waals surface area contributed by atoms with Gasteiger partial charge in [0.2, 0.25) is 11.5 Å². The molecule has 7 heteroatoms. The van der Waals surface area contributed by atoms with E-state index in [9.17, 15) is 0 Å². The Morgan fingerprint density at radius 1 is 1.38 bits per heavy atom. The van der Waals surface area contributed by atoms with E-state index < -0.39 is 0 Å². The van der Waals surface area contributed by atoms with Crippen molar-refractivity contribution in [2.24, 2.45) is 0 Å². The van der Waals surface area contributed by atoms with Crippen molar-refractivity contribution < 1.29 is 4.74 Å². The van der Waals surface area contributed by atoms with E-state index in [-0.39, 0.29) is 0 Å². The van der Waals surface area contributed by atoms with Crippen molar-refractivity contribution in [3.63, 3.8) is 0 Å². The lowest BCUT2D eigenvalue weighted by Crippen LogP contribution is -2.22. The molecule has 2 heterocycles. The van der Waals surface area contributed by atoms with Crippen molar-refractivity contribution in [3.8, 4) is 5.88 Å². The van der Waals surface area contributed by atoms with Crippen molar-refractivity contribution in [2.45, 2.75) is 13.3 Å². The number of ether oxygens (including phenoxy) is 1. The molecule has 0 unspecified atom stereocenters. The second-order valence-electron chi connectivity index (χ2n) is 3.29. The number of aromatic nitrogens is 5. The first-order valence-corrected chi connectivity index (χ1v) is 5.27.